The summed E-state index contributed by atoms with van der Waals surface area (Å²) in [4.78, 5) is 0. The standard InChI is InChI=1S/C26H30FNO2/c1-16-12-13-26(14-17(16)2)23-22-20(6-5-7-21(22)29)28(19-10-8-18(27)9-11-19)24(23)25(3,4)15-30-26/h5-11,16-17,29H,12-15H2,1-4H3. The molecule has 30 heavy (non-hydrogen) atoms. The van der Waals surface area contributed by atoms with Crippen LogP contribution in [0.3, 0.4) is 0 Å². The lowest BCUT2D eigenvalue weighted by atomic mass is 9.66. The lowest BCUT2D eigenvalue weighted by molar-refractivity contribution is -0.123. The van der Waals surface area contributed by atoms with Crippen LogP contribution in [-0.4, -0.2) is 16.3 Å². The Morgan fingerprint density at radius 1 is 1.07 bits per heavy atom. The second-order valence-corrected chi connectivity index (χ2v) is 10.1. The van der Waals surface area contributed by atoms with Gasteiger partial charge < -0.3 is 14.4 Å². The fourth-order valence-electron chi connectivity index (χ4n) is 5.65. The van der Waals surface area contributed by atoms with Crippen LogP contribution in [0, 0.1) is 17.7 Å². The van der Waals surface area contributed by atoms with Gasteiger partial charge in [-0.25, -0.2) is 4.39 Å². The fourth-order valence-corrected chi connectivity index (χ4v) is 5.65. The van der Waals surface area contributed by atoms with E-state index in [0.29, 0.717) is 18.4 Å². The van der Waals surface area contributed by atoms with Gasteiger partial charge in [-0.15, -0.1) is 0 Å². The van der Waals surface area contributed by atoms with Crippen LogP contribution in [0.15, 0.2) is 42.5 Å². The van der Waals surface area contributed by atoms with Gasteiger partial charge in [-0.2, -0.15) is 0 Å². The number of fused-ring (bicyclic) bond motifs is 4. The van der Waals surface area contributed by atoms with Gasteiger partial charge in [0.15, 0.2) is 0 Å². The molecule has 0 radical (unpaired) electrons. The minimum Gasteiger partial charge on any atom is -0.507 e. The quantitative estimate of drug-likeness (QED) is 0.504. The van der Waals surface area contributed by atoms with Crippen LogP contribution in [0.2, 0.25) is 0 Å². The molecule has 1 saturated carbocycles. The SMILES string of the molecule is CC1CCC2(CC1C)OCC(C)(C)c1c2c2c(O)cccc2n1-c1ccc(F)cc1. The molecule has 1 aliphatic heterocycles. The van der Waals surface area contributed by atoms with E-state index >= 15 is 0 Å². The van der Waals surface area contributed by atoms with E-state index < -0.39 is 0 Å². The van der Waals surface area contributed by atoms with Crippen LogP contribution in [0.25, 0.3) is 16.6 Å². The summed E-state index contributed by atoms with van der Waals surface area (Å²) in [6, 6.07) is 12.4. The number of ether oxygens (including phenoxy) is 1. The van der Waals surface area contributed by atoms with Crippen molar-refractivity contribution >= 4 is 10.9 Å². The molecule has 1 N–H and O–H groups in total. The second kappa shape index (κ2) is 6.58. The Morgan fingerprint density at radius 3 is 2.50 bits per heavy atom. The molecule has 3 atom stereocenters. The van der Waals surface area contributed by atoms with Gasteiger partial charge >= 0.3 is 0 Å². The smallest absolute Gasteiger partial charge is 0.125 e. The summed E-state index contributed by atoms with van der Waals surface area (Å²) < 4.78 is 22.6. The Bertz CT molecular complexity index is 1110. The highest BCUT2D eigenvalue weighted by molar-refractivity contribution is 5.94. The number of hydrogen-bond acceptors (Lipinski definition) is 2. The van der Waals surface area contributed by atoms with Gasteiger partial charge in [0, 0.05) is 27.7 Å². The summed E-state index contributed by atoms with van der Waals surface area (Å²) in [6.45, 7) is 9.66. The molecule has 2 aliphatic rings. The van der Waals surface area contributed by atoms with E-state index in [1.165, 1.54) is 17.8 Å². The van der Waals surface area contributed by atoms with Crippen LogP contribution in [-0.2, 0) is 15.8 Å². The molecule has 1 aliphatic carbocycles. The molecular weight excluding hydrogens is 377 g/mol. The van der Waals surface area contributed by atoms with Crippen LogP contribution in [0.1, 0.15) is 58.2 Å². The normalized spacial score (nSPS) is 28.0. The van der Waals surface area contributed by atoms with Crippen molar-refractivity contribution in [3.8, 4) is 11.4 Å². The number of nitrogens with zero attached hydrogens (tertiary/aromatic N) is 1. The molecule has 5 rings (SSSR count). The van der Waals surface area contributed by atoms with Crippen molar-refractivity contribution < 1.29 is 14.2 Å². The first-order valence-corrected chi connectivity index (χ1v) is 11.0. The zero-order valence-electron chi connectivity index (χ0n) is 18.2. The molecule has 2 aromatic carbocycles. The van der Waals surface area contributed by atoms with Crippen LogP contribution < -0.4 is 0 Å². The number of halogens is 1. The van der Waals surface area contributed by atoms with Crippen molar-refractivity contribution in [3.05, 3.63) is 59.5 Å². The lowest BCUT2D eigenvalue weighted by Gasteiger charge is -2.49. The predicted molar refractivity (Wildman–Crippen MR) is 118 cm³/mol. The topological polar surface area (TPSA) is 34.4 Å². The minimum atomic E-state index is -0.390. The first-order chi connectivity index (χ1) is 14.2. The zero-order chi connectivity index (χ0) is 21.3. The number of benzene rings is 2. The Hall–Kier alpha value is -2.33. The van der Waals surface area contributed by atoms with Crippen molar-refractivity contribution in [1.82, 2.24) is 4.57 Å². The van der Waals surface area contributed by atoms with Gasteiger partial charge in [0.2, 0.25) is 0 Å². The van der Waals surface area contributed by atoms with E-state index in [9.17, 15) is 9.50 Å². The maximum Gasteiger partial charge on any atom is 0.125 e. The largest absolute Gasteiger partial charge is 0.507 e. The zero-order valence-corrected chi connectivity index (χ0v) is 18.2. The highest BCUT2D eigenvalue weighted by Gasteiger charge is 2.51. The van der Waals surface area contributed by atoms with E-state index in [4.69, 9.17) is 4.74 Å². The number of hydrogen-bond donors (Lipinski definition) is 1. The van der Waals surface area contributed by atoms with Gasteiger partial charge in [0.05, 0.1) is 17.7 Å². The van der Waals surface area contributed by atoms with E-state index in [1.54, 1.807) is 6.07 Å². The summed E-state index contributed by atoms with van der Waals surface area (Å²) in [5, 5.41) is 11.9. The molecule has 4 heteroatoms. The third-order valence-corrected chi connectivity index (χ3v) is 7.49. The van der Waals surface area contributed by atoms with Crippen molar-refractivity contribution in [2.24, 2.45) is 11.8 Å². The van der Waals surface area contributed by atoms with Gasteiger partial charge in [-0.3, -0.25) is 0 Å². The molecule has 3 aromatic rings. The van der Waals surface area contributed by atoms with Gasteiger partial charge in [-0.05, 0) is 67.5 Å². The molecule has 0 amide bonds. The predicted octanol–water partition coefficient (Wildman–Crippen LogP) is 6.43. The van der Waals surface area contributed by atoms with Crippen LogP contribution in [0.4, 0.5) is 4.39 Å². The van der Waals surface area contributed by atoms with Gasteiger partial charge in [-0.1, -0.05) is 33.8 Å². The van der Waals surface area contributed by atoms with Gasteiger partial charge in [0.1, 0.15) is 11.6 Å². The van der Waals surface area contributed by atoms with Gasteiger partial charge in [0.25, 0.3) is 0 Å². The average molecular weight is 408 g/mol. The molecule has 0 bridgehead atoms. The number of phenolic OH excluding ortho intramolecular Hbond substituents is 1. The third-order valence-electron chi connectivity index (χ3n) is 7.49. The lowest BCUT2D eigenvalue weighted by Crippen LogP contribution is -2.47. The number of phenols is 1. The monoisotopic (exact) mass is 407 g/mol. The molecule has 3 unspecified atom stereocenters. The molecule has 1 spiro atoms. The summed E-state index contributed by atoms with van der Waals surface area (Å²) in [5.41, 5.74) is 3.55. The van der Waals surface area contributed by atoms with E-state index in [-0.39, 0.29) is 22.6 Å². The average Bonchev–Trinajstić information content (AvgIpc) is 3.08. The minimum absolute atomic E-state index is 0.243. The Morgan fingerprint density at radius 2 is 1.80 bits per heavy atom. The van der Waals surface area contributed by atoms with Crippen molar-refractivity contribution in [2.45, 2.75) is 58.0 Å². The van der Waals surface area contributed by atoms with Crippen molar-refractivity contribution in [3.63, 3.8) is 0 Å². The molecule has 2 heterocycles. The number of rotatable bonds is 1. The Kier molecular flexibility index (Phi) is 4.31. The third kappa shape index (κ3) is 2.73. The molecule has 3 nitrogen and oxygen atoms in total. The molecular formula is C26H30FNO2. The van der Waals surface area contributed by atoms with E-state index in [2.05, 4.69) is 38.3 Å². The Labute approximate surface area is 177 Å². The summed E-state index contributed by atoms with van der Waals surface area (Å²) >= 11 is 0. The number of aromatic nitrogens is 1. The van der Waals surface area contributed by atoms with E-state index in [1.807, 2.05) is 18.2 Å². The maximum absolute atomic E-state index is 13.7. The van der Waals surface area contributed by atoms with E-state index in [0.717, 1.165) is 41.4 Å². The first-order valence-electron chi connectivity index (χ1n) is 11.0. The molecule has 1 aromatic heterocycles. The molecule has 1 fully saturated rings. The summed E-state index contributed by atoms with van der Waals surface area (Å²) in [5.74, 6) is 1.25. The Balaban J connectivity index is 1.88. The van der Waals surface area contributed by atoms with Crippen molar-refractivity contribution in [1.29, 1.82) is 0 Å². The first kappa shape index (κ1) is 19.6. The van der Waals surface area contributed by atoms with Crippen LogP contribution in [0.5, 0.6) is 5.75 Å². The molecule has 0 saturated heterocycles. The highest BCUT2D eigenvalue weighted by atomic mass is 19.1. The molecule has 158 valence electrons. The summed E-state index contributed by atoms with van der Waals surface area (Å²) in [7, 11) is 0. The maximum atomic E-state index is 13.7. The highest BCUT2D eigenvalue weighted by Crippen LogP contribution is 2.56. The second-order valence-electron chi connectivity index (χ2n) is 10.1. The summed E-state index contributed by atoms with van der Waals surface area (Å²) in [6.07, 6.45) is 3.02. The van der Waals surface area contributed by atoms with Crippen LogP contribution >= 0.6 is 0 Å². The number of aromatic hydroxyl groups is 1. The van der Waals surface area contributed by atoms with Crippen molar-refractivity contribution in [2.75, 3.05) is 6.61 Å². The fraction of sp³-hybridized carbons (Fsp3) is 0.462.